The standard InChI is InChI=1S/C51H37NS.C48H33NS.C36H25NS/c1-51(2)47-32-39(38-22-30-50-46(31-38)45-15-9-10-16-49(45)53-50)21-28-43(47)44-29-27-42(33-48(44)51)52(40-23-17-36(18-24-40)34-11-5-3-6-12-34)41-25-19-37(20-26-41)35-13-7-4-8-14-35;1-3-9-34(10-4-1)37-19-26-42(27-20-37)49(43-28-21-38(22-29-43)35-11-5-2-6-12-35)44-30-23-39(24-31-44)36-15-17-40(18-16-36)41-25-32-48-46(33-41)45-13-7-8-14-47(45)50-48;1-3-9-26(10-4-1)27-15-20-31(21-16-27)37(30-11-5-2-6-12-30)32-22-17-28(18-23-32)29-19-24-36-34(25-29)33-13-7-8-14-35(33)38-36/h3-33H,1-2H3;1-33H;1-25H. The van der Waals surface area contributed by atoms with Crippen LogP contribution in [0.25, 0.3) is 172 Å². The zero-order valence-electron chi connectivity index (χ0n) is 78.0. The summed E-state index contributed by atoms with van der Waals surface area (Å²) in [7, 11) is 0. The predicted octanol–water partition coefficient (Wildman–Crippen LogP) is 39.9. The molecular weight excluding hydrogens is 1760 g/mol. The molecule has 22 aromatic carbocycles. The van der Waals surface area contributed by atoms with Crippen molar-refractivity contribution < 1.29 is 0 Å². The highest BCUT2D eigenvalue weighted by molar-refractivity contribution is 7.26. The van der Waals surface area contributed by atoms with Gasteiger partial charge in [-0.2, -0.15) is 0 Å². The molecule has 0 radical (unpaired) electrons. The molecule has 26 rings (SSSR count). The Hall–Kier alpha value is -17.1. The van der Waals surface area contributed by atoms with Crippen LogP contribution < -0.4 is 14.7 Å². The molecule has 3 aromatic heterocycles. The molecule has 3 nitrogen and oxygen atoms in total. The van der Waals surface area contributed by atoms with E-state index in [9.17, 15) is 0 Å². The highest BCUT2D eigenvalue weighted by Gasteiger charge is 2.37. The number of fused-ring (bicyclic) bond motifs is 12. The summed E-state index contributed by atoms with van der Waals surface area (Å²) in [6.07, 6.45) is 0. The second-order valence-electron chi connectivity index (χ2n) is 36.6. The topological polar surface area (TPSA) is 9.72 Å². The molecule has 668 valence electrons. The average Bonchev–Trinajstić information content (AvgIpc) is 1.57. The van der Waals surface area contributed by atoms with Gasteiger partial charge in [0.1, 0.15) is 0 Å². The third kappa shape index (κ3) is 17.4. The van der Waals surface area contributed by atoms with E-state index in [0.717, 1.165) is 51.2 Å². The van der Waals surface area contributed by atoms with E-state index in [2.05, 4.69) is 568 Å². The summed E-state index contributed by atoms with van der Waals surface area (Å²) in [5, 5.41) is 8.00. The second kappa shape index (κ2) is 38.1. The predicted molar refractivity (Wildman–Crippen MR) is 609 cm³/mol. The lowest BCUT2D eigenvalue weighted by Gasteiger charge is -2.28. The molecule has 0 saturated carbocycles. The van der Waals surface area contributed by atoms with E-state index in [1.54, 1.807) is 0 Å². The number of thiophene rings is 3. The summed E-state index contributed by atoms with van der Waals surface area (Å²) in [5.74, 6) is 0. The molecule has 3 heterocycles. The lowest BCUT2D eigenvalue weighted by atomic mass is 9.81. The van der Waals surface area contributed by atoms with Gasteiger partial charge in [0.2, 0.25) is 0 Å². The Balaban J connectivity index is 0.000000116. The molecule has 1 aliphatic carbocycles. The first kappa shape index (κ1) is 86.7. The number of hydrogen-bond donors (Lipinski definition) is 0. The van der Waals surface area contributed by atoms with Crippen LogP contribution in [0.3, 0.4) is 0 Å². The van der Waals surface area contributed by atoms with Crippen molar-refractivity contribution in [3.63, 3.8) is 0 Å². The van der Waals surface area contributed by atoms with Gasteiger partial charge in [0.05, 0.1) is 0 Å². The third-order valence-electron chi connectivity index (χ3n) is 27.7. The SMILES string of the molecule is CC1(C)c2cc(-c3ccc4sc5ccccc5c4c3)ccc2-c2ccc(N(c3ccc(-c4ccccc4)cc3)c3ccc(-c4ccccc4)cc3)cc21.c1ccc(-c2ccc(N(c3ccc(-c4ccccc4)cc3)c3ccc(-c4ccc(-c5ccc6sc7ccccc7c6c5)cc4)cc3)cc2)cc1.c1ccc(-c2ccc(N(c3ccccc3)c3ccc(-c4ccc5sc6ccccc6c5c4)cc3)cc2)cc1. The first-order valence-corrected chi connectivity index (χ1v) is 50.6. The van der Waals surface area contributed by atoms with Crippen molar-refractivity contribution in [2.75, 3.05) is 14.7 Å². The van der Waals surface area contributed by atoms with Gasteiger partial charge in [0.25, 0.3) is 0 Å². The number of anilines is 9. The molecule has 141 heavy (non-hydrogen) atoms. The van der Waals surface area contributed by atoms with Crippen LogP contribution in [0.2, 0.25) is 0 Å². The summed E-state index contributed by atoms with van der Waals surface area (Å²) >= 11 is 5.59. The summed E-state index contributed by atoms with van der Waals surface area (Å²) in [6.45, 7) is 4.77. The van der Waals surface area contributed by atoms with Gasteiger partial charge in [-0.25, -0.2) is 0 Å². The maximum atomic E-state index is 2.44. The molecule has 0 N–H and O–H groups in total. The zero-order valence-corrected chi connectivity index (χ0v) is 80.4. The van der Waals surface area contributed by atoms with E-state index in [1.807, 2.05) is 34.0 Å². The number of benzene rings is 22. The monoisotopic (exact) mass is 1850 g/mol. The number of rotatable bonds is 18. The lowest BCUT2D eigenvalue weighted by molar-refractivity contribution is 0.660. The quantitative estimate of drug-likeness (QED) is 0.0848. The van der Waals surface area contributed by atoms with E-state index < -0.39 is 0 Å². The van der Waals surface area contributed by atoms with E-state index in [1.165, 1.54) is 183 Å². The molecule has 0 saturated heterocycles. The number of hydrogen-bond acceptors (Lipinski definition) is 6. The first-order chi connectivity index (χ1) is 69.6. The van der Waals surface area contributed by atoms with Crippen LogP contribution in [-0.2, 0) is 5.41 Å². The number of para-hydroxylation sites is 1. The van der Waals surface area contributed by atoms with Gasteiger partial charge in [-0.1, -0.05) is 384 Å². The van der Waals surface area contributed by atoms with E-state index in [-0.39, 0.29) is 5.41 Å². The molecular formula is C135H95N3S3. The Morgan fingerprint density at radius 2 is 0.312 bits per heavy atom. The summed E-state index contributed by atoms with van der Waals surface area (Å²) in [4.78, 5) is 7.05. The zero-order chi connectivity index (χ0) is 94.1. The smallest absolute Gasteiger partial charge is 0.0465 e. The van der Waals surface area contributed by atoms with Crippen LogP contribution in [0.1, 0.15) is 25.0 Å². The molecule has 1 aliphatic rings. The van der Waals surface area contributed by atoms with Crippen molar-refractivity contribution in [3.05, 3.63) is 551 Å². The molecule has 6 heteroatoms. The van der Waals surface area contributed by atoms with Gasteiger partial charge in [0, 0.05) is 117 Å². The van der Waals surface area contributed by atoms with Crippen molar-refractivity contribution in [3.8, 4) is 111 Å². The molecule has 0 bridgehead atoms. The Kier molecular flexibility index (Phi) is 23.4. The van der Waals surface area contributed by atoms with Crippen molar-refractivity contribution in [1.29, 1.82) is 0 Å². The van der Waals surface area contributed by atoms with Crippen LogP contribution in [0.4, 0.5) is 51.2 Å². The molecule has 0 amide bonds. The van der Waals surface area contributed by atoms with Gasteiger partial charge in [-0.15, -0.1) is 34.0 Å². The van der Waals surface area contributed by atoms with Gasteiger partial charge in [-0.3, -0.25) is 0 Å². The van der Waals surface area contributed by atoms with E-state index in [0.29, 0.717) is 0 Å². The van der Waals surface area contributed by atoms with Crippen molar-refractivity contribution in [1.82, 2.24) is 0 Å². The maximum absolute atomic E-state index is 2.44. The second-order valence-corrected chi connectivity index (χ2v) is 39.9. The van der Waals surface area contributed by atoms with Gasteiger partial charge in [-0.05, 0) is 292 Å². The van der Waals surface area contributed by atoms with Crippen LogP contribution >= 0.6 is 34.0 Å². The fraction of sp³-hybridized carbons (Fsp3) is 0.0222. The normalized spacial score (nSPS) is 11.8. The molecule has 0 fully saturated rings. The van der Waals surface area contributed by atoms with Gasteiger partial charge >= 0.3 is 0 Å². The average molecular weight is 1860 g/mol. The van der Waals surface area contributed by atoms with Crippen LogP contribution in [0, 0.1) is 0 Å². The largest absolute Gasteiger partial charge is 0.311 e. The fourth-order valence-corrected chi connectivity index (χ4v) is 23.6. The minimum Gasteiger partial charge on any atom is -0.311 e. The van der Waals surface area contributed by atoms with E-state index >= 15 is 0 Å². The minimum absolute atomic E-state index is 0.171. The molecule has 0 unspecified atom stereocenters. The first-order valence-electron chi connectivity index (χ1n) is 48.2. The van der Waals surface area contributed by atoms with Crippen LogP contribution in [0.15, 0.2) is 540 Å². The molecule has 0 spiro atoms. The Labute approximate surface area is 835 Å². The summed E-state index contributed by atoms with van der Waals surface area (Å²) < 4.78 is 8.03. The highest BCUT2D eigenvalue weighted by Crippen LogP contribution is 2.53. The Morgan fingerprint density at radius 1 is 0.135 bits per heavy atom. The fourth-order valence-electron chi connectivity index (χ4n) is 20.3. The summed E-state index contributed by atoms with van der Waals surface area (Å²) in [6, 6.07) is 196. The minimum atomic E-state index is -0.171. The Bertz CT molecular complexity index is 8600. The Morgan fingerprint density at radius 3 is 0.603 bits per heavy atom. The van der Waals surface area contributed by atoms with Crippen LogP contribution in [0.5, 0.6) is 0 Å². The molecule has 0 atom stereocenters. The highest BCUT2D eigenvalue weighted by atomic mass is 32.1. The van der Waals surface area contributed by atoms with Crippen molar-refractivity contribution in [2.45, 2.75) is 19.3 Å². The van der Waals surface area contributed by atoms with Gasteiger partial charge < -0.3 is 14.7 Å². The number of nitrogens with zero attached hydrogens (tertiary/aromatic N) is 3. The third-order valence-corrected chi connectivity index (χ3v) is 31.2. The van der Waals surface area contributed by atoms with Crippen molar-refractivity contribution in [2.24, 2.45) is 0 Å². The summed E-state index contributed by atoms with van der Waals surface area (Å²) in [5.41, 5.74) is 37.4. The molecule has 25 aromatic rings. The van der Waals surface area contributed by atoms with Gasteiger partial charge in [0.15, 0.2) is 0 Å². The van der Waals surface area contributed by atoms with Crippen molar-refractivity contribution >= 4 is 146 Å². The van der Waals surface area contributed by atoms with Crippen LogP contribution in [-0.4, -0.2) is 0 Å². The maximum Gasteiger partial charge on any atom is 0.0465 e. The molecule has 0 aliphatic heterocycles. The van der Waals surface area contributed by atoms with E-state index in [4.69, 9.17) is 0 Å². The lowest BCUT2D eigenvalue weighted by Crippen LogP contribution is -2.16.